The fraction of sp³-hybridized carbons (Fsp3) is 0.400. The smallest absolute Gasteiger partial charge is 0.287 e. The van der Waals surface area contributed by atoms with Crippen molar-refractivity contribution in [3.8, 4) is 0 Å². The first-order chi connectivity index (χ1) is 10.2. The first kappa shape index (κ1) is 14.3. The van der Waals surface area contributed by atoms with Crippen LogP contribution in [0.1, 0.15) is 40.1 Å². The Kier molecular flexibility index (Phi) is 4.10. The van der Waals surface area contributed by atoms with Crippen molar-refractivity contribution in [2.75, 3.05) is 0 Å². The van der Waals surface area contributed by atoms with E-state index in [1.165, 1.54) is 0 Å². The summed E-state index contributed by atoms with van der Waals surface area (Å²) in [7, 11) is 0. The third-order valence-electron chi connectivity index (χ3n) is 3.80. The van der Waals surface area contributed by atoms with E-state index in [4.69, 9.17) is 9.52 Å². The minimum atomic E-state index is -0.297. The van der Waals surface area contributed by atoms with Crippen molar-refractivity contribution >= 4 is 17.2 Å². The highest BCUT2D eigenvalue weighted by atomic mass is 32.1. The molecule has 1 atom stereocenters. The summed E-state index contributed by atoms with van der Waals surface area (Å²) in [6, 6.07) is 6.97. The fourth-order valence-corrected chi connectivity index (χ4v) is 3.46. The largest absolute Gasteiger partial charge is 0.453 e. The van der Waals surface area contributed by atoms with Gasteiger partial charge in [0.25, 0.3) is 5.91 Å². The van der Waals surface area contributed by atoms with E-state index in [-0.39, 0.29) is 36.3 Å². The van der Waals surface area contributed by atoms with Crippen molar-refractivity contribution in [2.24, 2.45) is 5.92 Å². The Hall–Kier alpha value is -1.63. The van der Waals surface area contributed by atoms with Crippen LogP contribution in [-0.4, -0.2) is 22.2 Å². The van der Waals surface area contributed by atoms with E-state index >= 15 is 0 Å². The van der Waals surface area contributed by atoms with E-state index in [0.29, 0.717) is 18.6 Å². The lowest BCUT2D eigenvalue weighted by molar-refractivity contribution is 0.0238. The van der Waals surface area contributed by atoms with E-state index < -0.39 is 0 Å². The molecule has 112 valence electrons. The summed E-state index contributed by atoms with van der Waals surface area (Å²) in [5.74, 6) is 0.511. The number of hydrogen-bond donors (Lipinski definition) is 3. The fourth-order valence-electron chi connectivity index (χ4n) is 2.59. The summed E-state index contributed by atoms with van der Waals surface area (Å²) in [4.78, 5) is 13.3. The Morgan fingerprint density at radius 2 is 2.24 bits per heavy atom. The number of aliphatic hydroxyl groups is 2. The third-order valence-corrected chi connectivity index (χ3v) is 4.75. The Morgan fingerprint density at radius 3 is 2.81 bits per heavy atom. The Morgan fingerprint density at radius 1 is 1.43 bits per heavy atom. The molecule has 0 bridgehead atoms. The second-order valence-electron chi connectivity index (χ2n) is 5.28. The van der Waals surface area contributed by atoms with Crippen LogP contribution in [0.5, 0.6) is 0 Å². The van der Waals surface area contributed by atoms with Gasteiger partial charge in [-0.1, -0.05) is 6.07 Å². The van der Waals surface area contributed by atoms with Gasteiger partial charge in [0.1, 0.15) is 12.4 Å². The molecule has 0 saturated heterocycles. The summed E-state index contributed by atoms with van der Waals surface area (Å²) < 4.78 is 5.26. The van der Waals surface area contributed by atoms with Crippen LogP contribution in [0.15, 0.2) is 34.1 Å². The zero-order valence-corrected chi connectivity index (χ0v) is 12.2. The van der Waals surface area contributed by atoms with Gasteiger partial charge in [0.2, 0.25) is 0 Å². The summed E-state index contributed by atoms with van der Waals surface area (Å²) in [6.07, 6.45) is 1.13. The highest BCUT2D eigenvalue weighted by Gasteiger charge is 2.36. The maximum atomic E-state index is 12.3. The van der Waals surface area contributed by atoms with Gasteiger partial charge in [-0.15, -0.1) is 11.3 Å². The van der Waals surface area contributed by atoms with Gasteiger partial charge in [-0.2, -0.15) is 0 Å². The van der Waals surface area contributed by atoms with E-state index in [2.05, 4.69) is 5.32 Å². The van der Waals surface area contributed by atoms with E-state index in [9.17, 15) is 9.90 Å². The third kappa shape index (κ3) is 3.02. The Bertz CT molecular complexity index is 601. The molecular weight excluding hydrogens is 290 g/mol. The van der Waals surface area contributed by atoms with Gasteiger partial charge in [0.05, 0.1) is 12.1 Å². The van der Waals surface area contributed by atoms with Crippen LogP contribution in [0.4, 0.5) is 0 Å². The average molecular weight is 307 g/mol. The molecule has 6 heteroatoms. The molecule has 0 aliphatic heterocycles. The zero-order chi connectivity index (χ0) is 14.8. The molecular formula is C15H17NO4S. The van der Waals surface area contributed by atoms with Crippen molar-refractivity contribution in [1.82, 2.24) is 5.32 Å². The molecule has 2 aromatic heterocycles. The SMILES string of the molecule is O=C(N[C@H](c1cccs1)C1CC(O)C1)c1ccc(CO)o1. The van der Waals surface area contributed by atoms with Gasteiger partial charge >= 0.3 is 0 Å². The van der Waals surface area contributed by atoms with Crippen LogP contribution in [-0.2, 0) is 6.61 Å². The molecule has 3 rings (SSSR count). The van der Waals surface area contributed by atoms with Gasteiger partial charge in [-0.3, -0.25) is 4.79 Å². The van der Waals surface area contributed by atoms with Crippen molar-refractivity contribution in [2.45, 2.75) is 31.6 Å². The van der Waals surface area contributed by atoms with Gasteiger partial charge in [-0.25, -0.2) is 0 Å². The Labute approximate surface area is 126 Å². The van der Waals surface area contributed by atoms with Crippen LogP contribution in [0.2, 0.25) is 0 Å². The van der Waals surface area contributed by atoms with Crippen LogP contribution in [0.3, 0.4) is 0 Å². The number of aliphatic hydroxyl groups excluding tert-OH is 2. The van der Waals surface area contributed by atoms with Gasteiger partial charge in [0.15, 0.2) is 5.76 Å². The van der Waals surface area contributed by atoms with Crippen molar-refractivity contribution in [1.29, 1.82) is 0 Å². The molecule has 1 aliphatic carbocycles. The molecule has 2 heterocycles. The predicted molar refractivity (Wildman–Crippen MR) is 77.9 cm³/mol. The molecule has 1 amide bonds. The lowest BCUT2D eigenvalue weighted by atomic mass is 9.76. The summed E-state index contributed by atoms with van der Waals surface area (Å²) in [5, 5.41) is 23.4. The number of carbonyl (C=O) groups is 1. The van der Waals surface area contributed by atoms with E-state index in [1.807, 2.05) is 17.5 Å². The minimum absolute atomic E-state index is 0.108. The molecule has 1 saturated carbocycles. The van der Waals surface area contributed by atoms with Crippen molar-refractivity contribution in [3.63, 3.8) is 0 Å². The molecule has 1 aliphatic rings. The number of nitrogens with one attached hydrogen (secondary N) is 1. The molecule has 2 aromatic rings. The van der Waals surface area contributed by atoms with Gasteiger partial charge in [-0.05, 0) is 42.3 Å². The van der Waals surface area contributed by atoms with Crippen LogP contribution in [0.25, 0.3) is 0 Å². The first-order valence-electron chi connectivity index (χ1n) is 6.89. The maximum absolute atomic E-state index is 12.3. The van der Waals surface area contributed by atoms with Crippen molar-refractivity contribution in [3.05, 3.63) is 46.0 Å². The van der Waals surface area contributed by atoms with E-state index in [1.54, 1.807) is 23.5 Å². The summed E-state index contributed by atoms with van der Waals surface area (Å²) in [6.45, 7) is -0.226. The number of thiophene rings is 1. The minimum Gasteiger partial charge on any atom is -0.453 e. The van der Waals surface area contributed by atoms with Crippen LogP contribution in [0, 0.1) is 5.92 Å². The maximum Gasteiger partial charge on any atom is 0.287 e. The number of rotatable bonds is 5. The Balaban J connectivity index is 1.73. The zero-order valence-electron chi connectivity index (χ0n) is 11.4. The average Bonchev–Trinajstić information content (AvgIpc) is 3.11. The number of furan rings is 1. The van der Waals surface area contributed by atoms with Gasteiger partial charge < -0.3 is 19.9 Å². The number of carbonyl (C=O) groups excluding carboxylic acids is 1. The number of amides is 1. The second-order valence-corrected chi connectivity index (χ2v) is 6.26. The lowest BCUT2D eigenvalue weighted by Crippen LogP contribution is -2.41. The topological polar surface area (TPSA) is 82.7 Å². The monoisotopic (exact) mass is 307 g/mol. The van der Waals surface area contributed by atoms with Crippen LogP contribution >= 0.6 is 11.3 Å². The molecule has 21 heavy (non-hydrogen) atoms. The van der Waals surface area contributed by atoms with Crippen molar-refractivity contribution < 1.29 is 19.4 Å². The standard InChI is InChI=1S/C15H17NO4S/c17-8-11-3-4-12(20-11)15(19)16-14(9-6-10(18)7-9)13-2-1-5-21-13/h1-5,9-10,14,17-18H,6-8H2,(H,16,19)/t9?,10?,14-/m0/s1. The molecule has 1 fully saturated rings. The second kappa shape index (κ2) is 6.01. The molecule has 0 unspecified atom stereocenters. The van der Waals surface area contributed by atoms with Crippen LogP contribution < -0.4 is 5.32 Å². The summed E-state index contributed by atoms with van der Waals surface area (Å²) in [5.41, 5.74) is 0. The molecule has 0 aromatic carbocycles. The predicted octanol–water partition coefficient (Wildman–Crippen LogP) is 2.08. The normalized spacial score (nSPS) is 22.6. The van der Waals surface area contributed by atoms with Gasteiger partial charge in [0, 0.05) is 4.88 Å². The lowest BCUT2D eigenvalue weighted by Gasteiger charge is -2.37. The highest BCUT2D eigenvalue weighted by Crippen LogP contribution is 2.39. The van der Waals surface area contributed by atoms with E-state index in [0.717, 1.165) is 4.88 Å². The highest BCUT2D eigenvalue weighted by molar-refractivity contribution is 7.10. The molecule has 3 N–H and O–H groups in total. The molecule has 0 spiro atoms. The first-order valence-corrected chi connectivity index (χ1v) is 7.77. The molecule has 5 nitrogen and oxygen atoms in total. The summed E-state index contributed by atoms with van der Waals surface area (Å²) >= 11 is 1.59. The number of hydrogen-bond acceptors (Lipinski definition) is 5. The quantitative estimate of drug-likeness (QED) is 0.790. The molecule has 0 radical (unpaired) electrons.